The number of aromatic nitrogens is 1. The fraction of sp³-hybridized carbons (Fsp3) is 0.174. The molecule has 2 aromatic carbocycles. The first kappa shape index (κ1) is 20.9. The summed E-state index contributed by atoms with van der Waals surface area (Å²) in [4.78, 5) is 27.6. The van der Waals surface area contributed by atoms with E-state index >= 15 is 0 Å². The van der Waals surface area contributed by atoms with E-state index in [1.54, 1.807) is 7.11 Å². The zero-order valence-corrected chi connectivity index (χ0v) is 16.7. The van der Waals surface area contributed by atoms with Crippen molar-refractivity contribution in [3.05, 3.63) is 83.2 Å². The highest BCUT2D eigenvalue weighted by atomic mass is 16.5. The summed E-state index contributed by atoms with van der Waals surface area (Å²) >= 11 is 0. The normalized spacial score (nSPS) is 10.2. The summed E-state index contributed by atoms with van der Waals surface area (Å²) in [5, 5.41) is 0. The molecule has 154 valence electrons. The van der Waals surface area contributed by atoms with Crippen LogP contribution >= 0.6 is 0 Å². The Morgan fingerprint density at radius 2 is 1.60 bits per heavy atom. The lowest BCUT2D eigenvalue weighted by atomic mass is 10.2. The molecule has 7 nitrogen and oxygen atoms in total. The maximum absolute atomic E-state index is 12.0. The molecule has 0 aliphatic carbocycles. The molecule has 1 aromatic heterocycles. The molecule has 1 heterocycles. The van der Waals surface area contributed by atoms with Crippen molar-refractivity contribution in [2.75, 3.05) is 14.2 Å². The minimum absolute atomic E-state index is 0.0430. The minimum atomic E-state index is -0.679. The average Bonchev–Trinajstić information content (AvgIpc) is 2.81. The highest BCUT2D eigenvalue weighted by Gasteiger charge is 2.20. The molecule has 0 saturated carbocycles. The number of aldehydes is 1. The predicted molar refractivity (Wildman–Crippen MR) is 109 cm³/mol. The third kappa shape index (κ3) is 5.14. The number of ether oxygens (including phenoxy) is 4. The Morgan fingerprint density at radius 1 is 0.933 bits per heavy atom. The summed E-state index contributed by atoms with van der Waals surface area (Å²) in [5.41, 5.74) is 1.69. The largest absolute Gasteiger partial charge is 0.497 e. The first-order valence-electron chi connectivity index (χ1n) is 9.15. The van der Waals surface area contributed by atoms with Crippen LogP contribution in [0.25, 0.3) is 0 Å². The van der Waals surface area contributed by atoms with Gasteiger partial charge in [-0.1, -0.05) is 42.5 Å². The zero-order valence-electron chi connectivity index (χ0n) is 16.7. The Morgan fingerprint density at radius 3 is 2.23 bits per heavy atom. The summed E-state index contributed by atoms with van der Waals surface area (Å²) in [6.45, 7) is 0.397. The summed E-state index contributed by atoms with van der Waals surface area (Å²) in [7, 11) is 2.83. The fourth-order valence-electron chi connectivity index (χ4n) is 2.68. The van der Waals surface area contributed by atoms with Crippen molar-refractivity contribution >= 4 is 12.3 Å². The van der Waals surface area contributed by atoms with Gasteiger partial charge >= 0.3 is 5.97 Å². The van der Waals surface area contributed by atoms with E-state index in [0.29, 0.717) is 6.29 Å². The quantitative estimate of drug-likeness (QED) is 0.393. The molecule has 0 saturated heterocycles. The van der Waals surface area contributed by atoms with E-state index in [2.05, 4.69) is 4.98 Å². The Kier molecular flexibility index (Phi) is 7.00. The third-order valence-electron chi connectivity index (χ3n) is 4.25. The van der Waals surface area contributed by atoms with Gasteiger partial charge in [0.05, 0.1) is 14.2 Å². The molecule has 0 aliphatic heterocycles. The van der Waals surface area contributed by atoms with Crippen LogP contribution in [0, 0.1) is 0 Å². The van der Waals surface area contributed by atoms with Gasteiger partial charge in [-0.15, -0.1) is 0 Å². The topological polar surface area (TPSA) is 84.0 Å². The number of pyridine rings is 1. The molecule has 3 aromatic rings. The number of hydrogen-bond acceptors (Lipinski definition) is 7. The second-order valence-corrected chi connectivity index (χ2v) is 6.24. The fourth-order valence-corrected chi connectivity index (χ4v) is 2.68. The van der Waals surface area contributed by atoms with Gasteiger partial charge < -0.3 is 18.9 Å². The van der Waals surface area contributed by atoms with Crippen LogP contribution in [0.4, 0.5) is 0 Å². The number of rotatable bonds is 9. The Labute approximate surface area is 174 Å². The highest BCUT2D eigenvalue weighted by Crippen LogP contribution is 2.32. The van der Waals surface area contributed by atoms with Crippen LogP contribution in [-0.2, 0) is 18.0 Å². The van der Waals surface area contributed by atoms with Crippen LogP contribution in [0.2, 0.25) is 0 Å². The number of esters is 1. The first-order chi connectivity index (χ1) is 14.6. The minimum Gasteiger partial charge on any atom is -0.497 e. The third-order valence-corrected chi connectivity index (χ3v) is 4.25. The summed E-state index contributed by atoms with van der Waals surface area (Å²) < 4.78 is 21.6. The van der Waals surface area contributed by atoms with Gasteiger partial charge in [0.25, 0.3) is 0 Å². The number of carbonyl (C=O) groups excluding carboxylic acids is 2. The van der Waals surface area contributed by atoms with Crippen LogP contribution in [0.15, 0.2) is 60.7 Å². The van der Waals surface area contributed by atoms with Gasteiger partial charge in [-0.2, -0.15) is 0 Å². The van der Waals surface area contributed by atoms with Gasteiger partial charge in [-0.25, -0.2) is 9.78 Å². The molecular weight excluding hydrogens is 386 g/mol. The lowest BCUT2D eigenvalue weighted by Gasteiger charge is -2.15. The molecule has 0 unspecified atom stereocenters. The van der Waals surface area contributed by atoms with Crippen molar-refractivity contribution in [1.82, 2.24) is 4.98 Å². The molecule has 0 aliphatic rings. The maximum Gasteiger partial charge on any atom is 0.356 e. The molecule has 0 radical (unpaired) electrons. The number of methoxy groups -OCH3 is 2. The van der Waals surface area contributed by atoms with Crippen LogP contribution in [0.5, 0.6) is 17.2 Å². The van der Waals surface area contributed by atoms with E-state index in [0.717, 1.165) is 16.9 Å². The number of carbonyl (C=O) groups is 2. The van der Waals surface area contributed by atoms with Gasteiger partial charge in [0, 0.05) is 6.07 Å². The van der Waals surface area contributed by atoms with Gasteiger partial charge in [-0.05, 0) is 23.3 Å². The number of hydrogen-bond donors (Lipinski definition) is 0. The van der Waals surface area contributed by atoms with E-state index in [1.165, 1.54) is 13.2 Å². The van der Waals surface area contributed by atoms with Crippen molar-refractivity contribution in [3.8, 4) is 17.2 Å². The predicted octanol–water partition coefficient (Wildman–Crippen LogP) is 3.85. The van der Waals surface area contributed by atoms with Gasteiger partial charge in [0.2, 0.25) is 0 Å². The van der Waals surface area contributed by atoms with E-state index in [1.807, 2.05) is 54.6 Å². The molecule has 0 N–H and O–H groups in total. The van der Waals surface area contributed by atoms with Gasteiger partial charge in [0.15, 0.2) is 23.5 Å². The Bertz CT molecular complexity index is 1000. The van der Waals surface area contributed by atoms with Crippen molar-refractivity contribution in [3.63, 3.8) is 0 Å². The van der Waals surface area contributed by atoms with Crippen LogP contribution in [0.1, 0.15) is 32.1 Å². The van der Waals surface area contributed by atoms with Crippen molar-refractivity contribution in [1.29, 1.82) is 0 Å². The van der Waals surface area contributed by atoms with Gasteiger partial charge in [-0.3, -0.25) is 4.79 Å². The van der Waals surface area contributed by atoms with Crippen molar-refractivity contribution in [2.24, 2.45) is 0 Å². The highest BCUT2D eigenvalue weighted by molar-refractivity contribution is 5.90. The molecule has 0 bridgehead atoms. The second kappa shape index (κ2) is 10.1. The smallest absolute Gasteiger partial charge is 0.356 e. The number of benzene rings is 2. The summed E-state index contributed by atoms with van der Waals surface area (Å²) in [6.07, 6.45) is 0.521. The van der Waals surface area contributed by atoms with E-state index in [4.69, 9.17) is 18.9 Å². The summed E-state index contributed by atoms with van der Waals surface area (Å²) in [5.74, 6) is 0.432. The Hall–Kier alpha value is -3.87. The molecule has 0 atom stereocenters. The first-order valence-corrected chi connectivity index (χ1v) is 9.15. The standard InChI is InChI=1S/C23H21NO6/c1-27-18-10-8-17(9-11-18)14-29-21-12-19(23(26)28-2)24-20(13-25)22(21)30-15-16-6-4-3-5-7-16/h3-13H,14-15H2,1-2H3. The van der Waals surface area contributed by atoms with Crippen LogP contribution in [0.3, 0.4) is 0 Å². The maximum atomic E-state index is 12.0. The second-order valence-electron chi connectivity index (χ2n) is 6.24. The lowest BCUT2D eigenvalue weighted by molar-refractivity contribution is 0.0593. The number of nitrogens with zero attached hydrogens (tertiary/aromatic N) is 1. The molecule has 0 fully saturated rings. The molecule has 30 heavy (non-hydrogen) atoms. The van der Waals surface area contributed by atoms with Crippen molar-refractivity contribution < 1.29 is 28.5 Å². The monoisotopic (exact) mass is 407 g/mol. The molecule has 7 heteroatoms. The van der Waals surface area contributed by atoms with E-state index in [9.17, 15) is 9.59 Å². The van der Waals surface area contributed by atoms with Crippen molar-refractivity contribution in [2.45, 2.75) is 13.2 Å². The molecule has 0 amide bonds. The van der Waals surface area contributed by atoms with Crippen LogP contribution in [-0.4, -0.2) is 31.5 Å². The summed E-state index contributed by atoms with van der Waals surface area (Å²) in [6, 6.07) is 18.2. The van der Waals surface area contributed by atoms with Crippen LogP contribution < -0.4 is 14.2 Å². The SMILES string of the molecule is COC(=O)c1cc(OCc2ccc(OC)cc2)c(OCc2ccccc2)c(C=O)n1. The van der Waals surface area contributed by atoms with E-state index < -0.39 is 5.97 Å². The lowest BCUT2D eigenvalue weighted by Crippen LogP contribution is -2.10. The average molecular weight is 407 g/mol. The van der Waals surface area contributed by atoms with E-state index in [-0.39, 0.29) is 36.1 Å². The zero-order chi connectivity index (χ0) is 21.3. The van der Waals surface area contributed by atoms with Gasteiger partial charge in [0.1, 0.15) is 24.7 Å². The molecule has 0 spiro atoms. The molecular formula is C23H21NO6. The molecule has 3 rings (SSSR count). The Balaban J connectivity index is 1.89.